The normalized spacial score (nSPS) is 15.2. The molecule has 4 rings (SSSR count). The Morgan fingerprint density at radius 2 is 1.92 bits per heavy atom. The third-order valence-corrected chi connectivity index (χ3v) is 5.61. The molecule has 0 aliphatic carbocycles. The molecule has 7 nitrogen and oxygen atoms in total. The number of piperazine rings is 1. The van der Waals surface area contributed by atoms with Gasteiger partial charge in [-0.25, -0.2) is 9.97 Å². The van der Waals surface area contributed by atoms with Crippen LogP contribution < -0.4 is 4.90 Å². The van der Waals surface area contributed by atoms with Crippen LogP contribution in [0.4, 0.5) is 5.82 Å². The van der Waals surface area contributed by atoms with Gasteiger partial charge in [0.2, 0.25) is 0 Å². The van der Waals surface area contributed by atoms with Crippen LogP contribution in [0.25, 0.3) is 11.0 Å². The summed E-state index contributed by atoms with van der Waals surface area (Å²) in [5, 5.41) is 5.22. The van der Waals surface area contributed by atoms with Gasteiger partial charge in [-0.1, -0.05) is 0 Å². The first kappa shape index (κ1) is 16.0. The van der Waals surface area contributed by atoms with E-state index >= 15 is 0 Å². The average Bonchev–Trinajstić information content (AvgIpc) is 3.16. The molecule has 3 aromatic rings. The first-order valence-electron chi connectivity index (χ1n) is 8.28. The van der Waals surface area contributed by atoms with Gasteiger partial charge in [-0.05, 0) is 19.9 Å². The van der Waals surface area contributed by atoms with Crippen LogP contribution in [-0.2, 0) is 7.05 Å². The van der Waals surface area contributed by atoms with Crippen molar-refractivity contribution >= 4 is 34.1 Å². The zero-order valence-electron chi connectivity index (χ0n) is 14.6. The van der Waals surface area contributed by atoms with Crippen molar-refractivity contribution in [3.05, 3.63) is 33.9 Å². The second kappa shape index (κ2) is 6.11. The predicted molar refractivity (Wildman–Crippen MR) is 98.2 cm³/mol. The van der Waals surface area contributed by atoms with Crippen LogP contribution in [0, 0.1) is 13.8 Å². The second-order valence-corrected chi connectivity index (χ2v) is 7.77. The highest BCUT2D eigenvalue weighted by Gasteiger charge is 2.25. The molecular weight excluding hydrogens is 336 g/mol. The summed E-state index contributed by atoms with van der Waals surface area (Å²) >= 11 is 1.68. The van der Waals surface area contributed by atoms with Crippen molar-refractivity contribution in [3.63, 3.8) is 0 Å². The van der Waals surface area contributed by atoms with E-state index in [1.807, 2.05) is 31.9 Å². The fourth-order valence-electron chi connectivity index (χ4n) is 3.34. The number of rotatable bonds is 2. The number of carbonyl (C=O) groups is 1. The summed E-state index contributed by atoms with van der Waals surface area (Å²) in [4.78, 5) is 27.9. The molecule has 0 saturated carbocycles. The molecule has 1 aliphatic heterocycles. The van der Waals surface area contributed by atoms with Crippen LogP contribution in [0.3, 0.4) is 0 Å². The molecule has 1 fully saturated rings. The summed E-state index contributed by atoms with van der Waals surface area (Å²) in [6.45, 7) is 6.96. The minimum absolute atomic E-state index is 0.135. The SMILES string of the molecule is Cc1cc(C(=O)N2CCN(c3ncnc4c3cnn4C)CC2)c(C)s1. The highest BCUT2D eigenvalue weighted by atomic mass is 32.1. The number of aryl methyl sites for hydroxylation is 3. The first-order chi connectivity index (χ1) is 12.0. The van der Waals surface area contributed by atoms with Gasteiger partial charge in [0.25, 0.3) is 5.91 Å². The molecule has 0 radical (unpaired) electrons. The number of aromatic nitrogens is 4. The van der Waals surface area contributed by atoms with Crippen LogP contribution in [-0.4, -0.2) is 56.7 Å². The largest absolute Gasteiger partial charge is 0.352 e. The molecule has 4 heterocycles. The van der Waals surface area contributed by atoms with Gasteiger partial charge < -0.3 is 9.80 Å². The Balaban J connectivity index is 1.51. The number of amides is 1. The molecule has 0 aromatic carbocycles. The Morgan fingerprint density at radius 3 is 2.60 bits per heavy atom. The summed E-state index contributed by atoms with van der Waals surface area (Å²) in [5.74, 6) is 1.03. The summed E-state index contributed by atoms with van der Waals surface area (Å²) < 4.78 is 1.75. The number of hydrogen-bond acceptors (Lipinski definition) is 6. The number of fused-ring (bicyclic) bond motifs is 1. The van der Waals surface area contributed by atoms with Crippen molar-refractivity contribution in [1.29, 1.82) is 0 Å². The lowest BCUT2D eigenvalue weighted by atomic mass is 10.2. The number of hydrogen-bond donors (Lipinski definition) is 0. The van der Waals surface area contributed by atoms with Crippen LogP contribution in [0.1, 0.15) is 20.1 Å². The summed E-state index contributed by atoms with van der Waals surface area (Å²) in [6, 6.07) is 2.00. The quantitative estimate of drug-likeness (QED) is 0.703. The van der Waals surface area contributed by atoms with E-state index in [0.29, 0.717) is 13.1 Å². The number of thiophene rings is 1. The molecule has 0 N–H and O–H groups in total. The second-order valence-electron chi connectivity index (χ2n) is 6.31. The number of anilines is 1. The lowest BCUT2D eigenvalue weighted by Crippen LogP contribution is -2.49. The van der Waals surface area contributed by atoms with Gasteiger partial charge in [0.05, 0.1) is 17.1 Å². The van der Waals surface area contributed by atoms with Crippen molar-refractivity contribution in [3.8, 4) is 0 Å². The van der Waals surface area contributed by atoms with Crippen LogP contribution >= 0.6 is 11.3 Å². The van der Waals surface area contributed by atoms with Crippen LogP contribution in [0.5, 0.6) is 0 Å². The zero-order valence-corrected chi connectivity index (χ0v) is 15.4. The molecule has 130 valence electrons. The minimum atomic E-state index is 0.135. The van der Waals surface area contributed by atoms with Gasteiger partial charge in [-0.15, -0.1) is 11.3 Å². The smallest absolute Gasteiger partial charge is 0.255 e. The molecule has 0 atom stereocenters. The summed E-state index contributed by atoms with van der Waals surface area (Å²) in [5.41, 5.74) is 1.67. The van der Waals surface area contributed by atoms with Gasteiger partial charge >= 0.3 is 0 Å². The minimum Gasteiger partial charge on any atom is -0.352 e. The summed E-state index contributed by atoms with van der Waals surface area (Å²) in [7, 11) is 1.88. The lowest BCUT2D eigenvalue weighted by Gasteiger charge is -2.35. The van der Waals surface area contributed by atoms with E-state index in [1.54, 1.807) is 28.5 Å². The van der Waals surface area contributed by atoms with E-state index in [4.69, 9.17) is 0 Å². The Hall–Kier alpha value is -2.48. The highest BCUT2D eigenvalue weighted by Crippen LogP contribution is 2.25. The van der Waals surface area contributed by atoms with Gasteiger partial charge in [0.1, 0.15) is 12.1 Å². The molecule has 0 bridgehead atoms. The van der Waals surface area contributed by atoms with Crippen LogP contribution in [0.15, 0.2) is 18.6 Å². The monoisotopic (exact) mass is 356 g/mol. The summed E-state index contributed by atoms with van der Waals surface area (Å²) in [6.07, 6.45) is 3.38. The Bertz CT molecular complexity index is 938. The molecule has 1 amide bonds. The average molecular weight is 356 g/mol. The van der Waals surface area contributed by atoms with Crippen molar-refractivity contribution in [2.24, 2.45) is 7.05 Å². The van der Waals surface area contributed by atoms with Crippen molar-refractivity contribution in [2.45, 2.75) is 13.8 Å². The van der Waals surface area contributed by atoms with Gasteiger partial charge in [0.15, 0.2) is 5.65 Å². The third kappa shape index (κ3) is 2.76. The molecule has 1 aliphatic rings. The van der Waals surface area contributed by atoms with Crippen molar-refractivity contribution in [2.75, 3.05) is 31.1 Å². The highest BCUT2D eigenvalue weighted by molar-refractivity contribution is 7.12. The molecule has 0 unspecified atom stereocenters. The molecular formula is C17H20N6OS. The van der Waals surface area contributed by atoms with E-state index in [9.17, 15) is 4.79 Å². The van der Waals surface area contributed by atoms with E-state index in [-0.39, 0.29) is 5.91 Å². The Labute approximate surface area is 149 Å². The van der Waals surface area contributed by atoms with Crippen LogP contribution in [0.2, 0.25) is 0 Å². The molecule has 3 aromatic heterocycles. The number of nitrogens with zero attached hydrogens (tertiary/aromatic N) is 6. The molecule has 25 heavy (non-hydrogen) atoms. The maximum atomic E-state index is 12.8. The maximum Gasteiger partial charge on any atom is 0.255 e. The van der Waals surface area contributed by atoms with E-state index < -0.39 is 0 Å². The topological polar surface area (TPSA) is 67.2 Å². The first-order valence-corrected chi connectivity index (χ1v) is 9.10. The van der Waals surface area contributed by atoms with Gasteiger partial charge in [0, 0.05) is 43.0 Å². The fraction of sp³-hybridized carbons (Fsp3) is 0.412. The van der Waals surface area contributed by atoms with Gasteiger partial charge in [-0.3, -0.25) is 9.48 Å². The van der Waals surface area contributed by atoms with E-state index in [1.165, 1.54) is 4.88 Å². The zero-order chi connectivity index (χ0) is 17.6. The fourth-order valence-corrected chi connectivity index (χ4v) is 4.25. The Morgan fingerprint density at radius 1 is 1.16 bits per heavy atom. The maximum absolute atomic E-state index is 12.8. The third-order valence-electron chi connectivity index (χ3n) is 4.65. The molecule has 0 spiro atoms. The van der Waals surface area contributed by atoms with Crippen molar-refractivity contribution < 1.29 is 4.79 Å². The van der Waals surface area contributed by atoms with E-state index in [2.05, 4.69) is 20.0 Å². The molecule has 1 saturated heterocycles. The Kier molecular flexibility index (Phi) is 3.91. The predicted octanol–water partition coefficient (Wildman–Crippen LogP) is 2.00. The number of carbonyl (C=O) groups excluding carboxylic acids is 1. The molecule has 8 heteroatoms. The standard InChI is InChI=1S/C17H20N6OS/c1-11-8-13(12(2)25-11)17(24)23-6-4-22(5-7-23)16-14-9-20-21(3)15(14)18-10-19-16/h8-10H,4-7H2,1-3H3. The van der Waals surface area contributed by atoms with Gasteiger partial charge in [-0.2, -0.15) is 5.10 Å². The lowest BCUT2D eigenvalue weighted by molar-refractivity contribution is 0.0746. The van der Waals surface area contributed by atoms with E-state index in [0.717, 1.165) is 40.4 Å². The van der Waals surface area contributed by atoms with Crippen molar-refractivity contribution in [1.82, 2.24) is 24.6 Å².